The average Bonchev–Trinajstić information content (AvgIpc) is 3.78. The van der Waals surface area contributed by atoms with Gasteiger partial charge in [-0.3, -0.25) is 0 Å². The summed E-state index contributed by atoms with van der Waals surface area (Å²) in [5.41, 5.74) is 9.34. The Labute approximate surface area is 271 Å². The lowest BCUT2D eigenvalue weighted by atomic mass is 9.95. The molecule has 0 atom stereocenters. The lowest BCUT2D eigenvalue weighted by Crippen LogP contribution is -1.96. The molecule has 46 heavy (non-hydrogen) atoms. The largest absolute Gasteiger partial charge is 0.228 e. The number of hydrogen-bond donors (Lipinski definition) is 0. The third-order valence-electron chi connectivity index (χ3n) is 9.61. The fourth-order valence-electron chi connectivity index (χ4n) is 7.62. The van der Waals surface area contributed by atoms with Crippen LogP contribution in [0.3, 0.4) is 0 Å². The Hall–Kier alpha value is -5.42. The van der Waals surface area contributed by atoms with Crippen LogP contribution in [0.5, 0.6) is 0 Å². The lowest BCUT2D eigenvalue weighted by Gasteiger charge is -2.13. The molecule has 1 aliphatic rings. The van der Waals surface area contributed by atoms with Crippen molar-refractivity contribution in [3.63, 3.8) is 0 Å². The second-order valence-electron chi connectivity index (χ2n) is 12.1. The Bertz CT molecular complexity index is 2920. The van der Waals surface area contributed by atoms with E-state index in [0.717, 1.165) is 33.5 Å². The fourth-order valence-corrected chi connectivity index (χ4v) is 10.00. The third-order valence-corrected chi connectivity index (χ3v) is 11.9. The van der Waals surface area contributed by atoms with Crippen LogP contribution in [0.15, 0.2) is 133 Å². The molecule has 2 nitrogen and oxygen atoms in total. The SMILES string of the molecule is c1cc2c3c(cccc3c1)-c1c-2cc(-c2nc(-c3ccc4sc5ccccc5c4c3)c3ccccc3n2)c2c1sc1ccccc12. The van der Waals surface area contributed by atoms with Crippen molar-refractivity contribution in [3.05, 3.63) is 133 Å². The first kappa shape index (κ1) is 24.8. The normalized spacial score (nSPS) is 12.3. The molecule has 0 fully saturated rings. The zero-order valence-corrected chi connectivity index (χ0v) is 26.0. The van der Waals surface area contributed by atoms with Gasteiger partial charge in [-0.2, -0.15) is 0 Å². The van der Waals surface area contributed by atoms with Crippen LogP contribution in [0.1, 0.15) is 0 Å². The summed E-state index contributed by atoms with van der Waals surface area (Å²) >= 11 is 3.73. The summed E-state index contributed by atoms with van der Waals surface area (Å²) in [6.07, 6.45) is 0. The fraction of sp³-hybridized carbons (Fsp3) is 0. The molecular weight excluding hydrogens is 597 g/mol. The maximum atomic E-state index is 5.47. The van der Waals surface area contributed by atoms with E-state index < -0.39 is 0 Å². The minimum Gasteiger partial charge on any atom is -0.228 e. The highest BCUT2D eigenvalue weighted by molar-refractivity contribution is 7.26. The van der Waals surface area contributed by atoms with Gasteiger partial charge in [0.15, 0.2) is 5.82 Å². The summed E-state index contributed by atoms with van der Waals surface area (Å²) in [5.74, 6) is 0.767. The van der Waals surface area contributed by atoms with Crippen molar-refractivity contribution in [1.29, 1.82) is 0 Å². The minimum absolute atomic E-state index is 0.767. The summed E-state index contributed by atoms with van der Waals surface area (Å²) in [6, 6.07) is 48.5. The van der Waals surface area contributed by atoms with Crippen molar-refractivity contribution in [3.8, 4) is 44.9 Å². The van der Waals surface area contributed by atoms with Crippen molar-refractivity contribution in [2.24, 2.45) is 0 Å². The number of fused-ring (bicyclic) bond motifs is 11. The van der Waals surface area contributed by atoms with Crippen LogP contribution in [0.4, 0.5) is 0 Å². The van der Waals surface area contributed by atoms with Crippen molar-refractivity contribution < 1.29 is 0 Å². The van der Waals surface area contributed by atoms with E-state index in [1.807, 2.05) is 22.7 Å². The van der Waals surface area contributed by atoms with E-state index in [2.05, 4.69) is 133 Å². The van der Waals surface area contributed by atoms with Crippen LogP contribution in [-0.4, -0.2) is 9.97 Å². The topological polar surface area (TPSA) is 25.8 Å². The molecule has 0 saturated carbocycles. The summed E-state index contributed by atoms with van der Waals surface area (Å²) in [7, 11) is 0. The van der Waals surface area contributed by atoms with Gasteiger partial charge in [-0.15, -0.1) is 22.7 Å². The van der Waals surface area contributed by atoms with Crippen LogP contribution >= 0.6 is 22.7 Å². The van der Waals surface area contributed by atoms with Gasteiger partial charge in [0.05, 0.1) is 11.2 Å². The number of aromatic nitrogens is 2. The van der Waals surface area contributed by atoms with Crippen LogP contribution < -0.4 is 0 Å². The van der Waals surface area contributed by atoms with Crippen molar-refractivity contribution >= 4 is 84.7 Å². The average molecular weight is 619 g/mol. The third kappa shape index (κ3) is 3.30. The lowest BCUT2D eigenvalue weighted by molar-refractivity contribution is 1.24. The molecule has 11 rings (SSSR count). The molecule has 0 amide bonds. The first-order chi connectivity index (χ1) is 22.8. The van der Waals surface area contributed by atoms with E-state index in [-0.39, 0.29) is 0 Å². The number of hydrogen-bond acceptors (Lipinski definition) is 4. The zero-order chi connectivity index (χ0) is 29.9. The van der Waals surface area contributed by atoms with Gasteiger partial charge in [-0.05, 0) is 63.9 Å². The van der Waals surface area contributed by atoms with E-state index in [1.54, 1.807) is 0 Å². The highest BCUT2D eigenvalue weighted by Crippen LogP contribution is 2.55. The molecule has 4 heteroatoms. The predicted octanol–water partition coefficient (Wildman–Crippen LogP) is 12.5. The van der Waals surface area contributed by atoms with Gasteiger partial charge in [0.1, 0.15) is 0 Å². The molecule has 1 aliphatic carbocycles. The summed E-state index contributed by atoms with van der Waals surface area (Å²) in [5, 5.41) is 8.75. The van der Waals surface area contributed by atoms with Crippen molar-refractivity contribution in [2.75, 3.05) is 0 Å². The molecule has 0 N–H and O–H groups in total. The van der Waals surface area contributed by atoms with E-state index in [9.17, 15) is 0 Å². The second-order valence-corrected chi connectivity index (χ2v) is 14.2. The first-order valence-corrected chi connectivity index (χ1v) is 17.1. The maximum absolute atomic E-state index is 5.47. The summed E-state index contributed by atoms with van der Waals surface area (Å²) < 4.78 is 5.19. The van der Waals surface area contributed by atoms with Gasteiger partial charge in [0, 0.05) is 62.4 Å². The molecule has 0 radical (unpaired) electrons. The van der Waals surface area contributed by atoms with Gasteiger partial charge in [0.2, 0.25) is 0 Å². The molecular formula is C42H22N2S2. The molecule has 0 unspecified atom stereocenters. The van der Waals surface area contributed by atoms with Crippen molar-refractivity contribution in [1.82, 2.24) is 9.97 Å². The number of nitrogens with zero attached hydrogens (tertiary/aromatic N) is 2. The Kier molecular flexibility index (Phi) is 4.90. The number of benzene rings is 7. The summed E-state index contributed by atoms with van der Waals surface area (Å²) in [4.78, 5) is 10.8. The van der Waals surface area contributed by atoms with Crippen LogP contribution in [0, 0.1) is 0 Å². The highest BCUT2D eigenvalue weighted by atomic mass is 32.1. The van der Waals surface area contributed by atoms with Gasteiger partial charge >= 0.3 is 0 Å². The maximum Gasteiger partial charge on any atom is 0.161 e. The number of para-hydroxylation sites is 1. The van der Waals surface area contributed by atoms with Gasteiger partial charge < -0.3 is 0 Å². The van der Waals surface area contributed by atoms with E-state index >= 15 is 0 Å². The molecule has 0 aliphatic heterocycles. The van der Waals surface area contributed by atoms with Gasteiger partial charge in [0.25, 0.3) is 0 Å². The molecule has 0 saturated heterocycles. The monoisotopic (exact) mass is 618 g/mol. The van der Waals surface area contributed by atoms with Gasteiger partial charge in [-0.1, -0.05) is 97.1 Å². The highest BCUT2D eigenvalue weighted by Gasteiger charge is 2.28. The van der Waals surface area contributed by atoms with Crippen LogP contribution in [0.2, 0.25) is 0 Å². The Morgan fingerprint density at radius 1 is 0.435 bits per heavy atom. The van der Waals surface area contributed by atoms with Crippen molar-refractivity contribution in [2.45, 2.75) is 0 Å². The van der Waals surface area contributed by atoms with E-state index in [4.69, 9.17) is 9.97 Å². The second kappa shape index (κ2) is 9.07. The number of thiophene rings is 2. The quantitative estimate of drug-likeness (QED) is 0.193. The predicted molar refractivity (Wildman–Crippen MR) is 198 cm³/mol. The minimum atomic E-state index is 0.767. The molecule has 0 spiro atoms. The summed E-state index contributed by atoms with van der Waals surface area (Å²) in [6.45, 7) is 0. The van der Waals surface area contributed by atoms with E-state index in [0.29, 0.717) is 0 Å². The van der Waals surface area contributed by atoms with Crippen LogP contribution in [0.25, 0.3) is 107 Å². The van der Waals surface area contributed by atoms with Crippen LogP contribution in [-0.2, 0) is 0 Å². The number of rotatable bonds is 2. The van der Waals surface area contributed by atoms with Gasteiger partial charge in [-0.25, -0.2) is 9.97 Å². The molecule has 0 bridgehead atoms. The molecule has 3 heterocycles. The molecule has 10 aromatic rings. The smallest absolute Gasteiger partial charge is 0.161 e. The van der Waals surface area contributed by atoms with E-state index in [1.165, 1.54) is 73.4 Å². The molecule has 3 aromatic heterocycles. The molecule has 7 aromatic carbocycles. The Morgan fingerprint density at radius 2 is 1.15 bits per heavy atom. The Balaban J connectivity index is 1.25. The molecule has 212 valence electrons. The Morgan fingerprint density at radius 3 is 2.02 bits per heavy atom. The zero-order valence-electron chi connectivity index (χ0n) is 24.4. The first-order valence-electron chi connectivity index (χ1n) is 15.5. The standard InChI is InChI=1S/C42H22N2S2/c1-4-16-33-27(12-1)40(24-19-20-36-30(21-24)25-11-2-5-17-34(25)45-36)44-42(43-33)32-22-31-26-14-7-9-23-10-8-15-29(37(23)26)39(31)41-38(32)28-13-3-6-18-35(28)46-41/h1-22H.